The van der Waals surface area contributed by atoms with E-state index in [0.717, 1.165) is 11.8 Å². The molecule has 0 atom stereocenters. The van der Waals surface area contributed by atoms with Gasteiger partial charge < -0.3 is 15.8 Å². The summed E-state index contributed by atoms with van der Waals surface area (Å²) in [4.78, 5) is 31.5. The van der Waals surface area contributed by atoms with Gasteiger partial charge in [0.25, 0.3) is 5.91 Å². The van der Waals surface area contributed by atoms with Crippen LogP contribution in [0.15, 0.2) is 48.3 Å². The van der Waals surface area contributed by atoms with Gasteiger partial charge in [-0.2, -0.15) is 0 Å². The first kappa shape index (κ1) is 18.4. The zero-order chi connectivity index (χ0) is 18.2. The van der Waals surface area contributed by atoms with Gasteiger partial charge in [-0.3, -0.25) is 9.59 Å². The van der Waals surface area contributed by atoms with E-state index in [4.69, 9.17) is 10.5 Å². The van der Waals surface area contributed by atoms with E-state index < -0.39 is 17.7 Å². The summed E-state index contributed by atoms with van der Waals surface area (Å²) >= 11 is 1.03. The number of thioether (sulfide) groups is 1. The molecule has 1 aromatic heterocycles. The van der Waals surface area contributed by atoms with E-state index in [1.807, 2.05) is 0 Å². The lowest BCUT2D eigenvalue weighted by molar-refractivity contribution is -0.139. The van der Waals surface area contributed by atoms with E-state index >= 15 is 0 Å². The number of amides is 1. The van der Waals surface area contributed by atoms with Gasteiger partial charge >= 0.3 is 5.97 Å². The number of halogens is 1. The van der Waals surface area contributed by atoms with Gasteiger partial charge in [0.15, 0.2) is 5.16 Å². The Bertz CT molecular complexity index is 783. The fourth-order valence-electron chi connectivity index (χ4n) is 1.67. The van der Waals surface area contributed by atoms with Crippen molar-refractivity contribution in [3.8, 4) is 0 Å². The van der Waals surface area contributed by atoms with Gasteiger partial charge in [0.2, 0.25) is 0 Å². The van der Waals surface area contributed by atoms with Gasteiger partial charge in [0.05, 0.1) is 5.75 Å². The van der Waals surface area contributed by atoms with Crippen LogP contribution in [0.3, 0.4) is 0 Å². The molecular weight excluding hydrogens is 347 g/mol. The van der Waals surface area contributed by atoms with Crippen molar-refractivity contribution in [1.82, 2.24) is 9.97 Å². The Kier molecular flexibility index (Phi) is 6.47. The Labute approximate surface area is 147 Å². The van der Waals surface area contributed by atoms with Crippen LogP contribution in [-0.2, 0) is 9.53 Å². The number of nitrogens with two attached hydrogens (primary N) is 1. The van der Waals surface area contributed by atoms with Crippen molar-refractivity contribution in [2.75, 3.05) is 23.4 Å². The maximum absolute atomic E-state index is 12.9. The van der Waals surface area contributed by atoms with Crippen molar-refractivity contribution in [3.63, 3.8) is 0 Å². The lowest BCUT2D eigenvalue weighted by atomic mass is 10.2. The van der Waals surface area contributed by atoms with Crippen LogP contribution in [0.25, 0.3) is 0 Å². The van der Waals surface area contributed by atoms with Crippen LogP contribution in [0.2, 0.25) is 0 Å². The van der Waals surface area contributed by atoms with Gasteiger partial charge in [-0.15, -0.1) is 0 Å². The van der Waals surface area contributed by atoms with Crippen LogP contribution in [0.1, 0.15) is 10.4 Å². The highest BCUT2D eigenvalue weighted by Crippen LogP contribution is 2.18. The molecule has 0 saturated carbocycles. The number of ether oxygens (including phenoxy) is 1. The second kappa shape index (κ2) is 8.78. The number of nitrogen functional groups attached to an aromatic ring is 1. The third-order valence-electron chi connectivity index (χ3n) is 2.82. The number of nitrogens with one attached hydrogen (secondary N) is 1. The SMILES string of the molecule is C=CCOC(=O)CSc1ncc(C(=O)Nc2ccc(F)cc2)c(N)n1. The van der Waals surface area contributed by atoms with Crippen LogP contribution >= 0.6 is 11.8 Å². The fraction of sp³-hybridized carbons (Fsp3) is 0.125. The minimum atomic E-state index is -0.522. The number of aromatic nitrogens is 2. The molecule has 2 aromatic rings. The highest BCUT2D eigenvalue weighted by atomic mass is 32.2. The largest absolute Gasteiger partial charge is 0.461 e. The second-order valence-corrected chi connectivity index (χ2v) is 5.62. The number of nitrogens with zero attached hydrogens (tertiary/aromatic N) is 2. The van der Waals surface area contributed by atoms with E-state index in [-0.39, 0.29) is 28.9 Å². The van der Waals surface area contributed by atoms with Crippen molar-refractivity contribution in [1.29, 1.82) is 0 Å². The first-order chi connectivity index (χ1) is 12.0. The van der Waals surface area contributed by atoms with Crippen LogP contribution in [0, 0.1) is 5.82 Å². The molecule has 0 saturated heterocycles. The summed E-state index contributed by atoms with van der Waals surface area (Å²) in [6.07, 6.45) is 2.73. The van der Waals surface area contributed by atoms with Crippen molar-refractivity contribution < 1.29 is 18.7 Å². The maximum Gasteiger partial charge on any atom is 0.316 e. The van der Waals surface area contributed by atoms with Crippen molar-refractivity contribution in [2.24, 2.45) is 0 Å². The predicted molar refractivity (Wildman–Crippen MR) is 92.7 cm³/mol. The summed E-state index contributed by atoms with van der Waals surface area (Å²) in [5.74, 6) is -1.39. The van der Waals surface area contributed by atoms with Gasteiger partial charge in [-0.05, 0) is 24.3 Å². The molecule has 0 aliphatic rings. The maximum atomic E-state index is 12.9. The molecule has 7 nitrogen and oxygen atoms in total. The van der Waals surface area contributed by atoms with Crippen LogP contribution in [0.4, 0.5) is 15.9 Å². The zero-order valence-corrected chi connectivity index (χ0v) is 13.9. The molecular formula is C16H15FN4O3S. The van der Waals surface area contributed by atoms with Gasteiger partial charge in [0.1, 0.15) is 23.8 Å². The summed E-state index contributed by atoms with van der Waals surface area (Å²) in [7, 11) is 0. The van der Waals surface area contributed by atoms with Gasteiger partial charge in [-0.1, -0.05) is 24.4 Å². The molecule has 25 heavy (non-hydrogen) atoms. The third-order valence-corrected chi connectivity index (χ3v) is 3.66. The third kappa shape index (κ3) is 5.57. The normalized spacial score (nSPS) is 10.1. The average molecular weight is 362 g/mol. The predicted octanol–water partition coefficient (Wildman–Crippen LogP) is 2.27. The lowest BCUT2D eigenvalue weighted by Crippen LogP contribution is -2.16. The fourth-order valence-corrected chi connectivity index (χ4v) is 2.29. The minimum absolute atomic E-state index is 0.00834. The number of anilines is 2. The lowest BCUT2D eigenvalue weighted by Gasteiger charge is -2.08. The quantitative estimate of drug-likeness (QED) is 0.337. The van der Waals surface area contributed by atoms with Crippen molar-refractivity contribution in [2.45, 2.75) is 5.16 Å². The number of benzene rings is 1. The molecule has 0 aliphatic carbocycles. The van der Waals surface area contributed by atoms with Gasteiger partial charge in [-0.25, -0.2) is 14.4 Å². The number of hydrogen-bond donors (Lipinski definition) is 2. The van der Waals surface area contributed by atoms with Crippen LogP contribution < -0.4 is 11.1 Å². The Hall–Kier alpha value is -2.94. The molecule has 1 heterocycles. The van der Waals surface area contributed by atoms with E-state index in [0.29, 0.717) is 5.69 Å². The molecule has 1 amide bonds. The summed E-state index contributed by atoms with van der Waals surface area (Å²) < 4.78 is 17.7. The number of carbonyl (C=O) groups excluding carboxylic acids is 2. The van der Waals surface area contributed by atoms with Crippen molar-refractivity contribution in [3.05, 3.63) is 54.5 Å². The Morgan fingerprint density at radius 1 is 1.36 bits per heavy atom. The van der Waals surface area contributed by atoms with Crippen LogP contribution in [-0.4, -0.2) is 34.2 Å². The Morgan fingerprint density at radius 3 is 2.72 bits per heavy atom. The Morgan fingerprint density at radius 2 is 2.08 bits per heavy atom. The zero-order valence-electron chi connectivity index (χ0n) is 13.1. The number of rotatable bonds is 7. The number of hydrogen-bond acceptors (Lipinski definition) is 7. The summed E-state index contributed by atoms with van der Waals surface area (Å²) in [5, 5.41) is 2.81. The van der Waals surface area contributed by atoms with E-state index in [1.165, 1.54) is 36.5 Å². The monoisotopic (exact) mass is 362 g/mol. The first-order valence-electron chi connectivity index (χ1n) is 7.08. The highest BCUT2D eigenvalue weighted by Gasteiger charge is 2.14. The molecule has 0 bridgehead atoms. The topological polar surface area (TPSA) is 107 Å². The van der Waals surface area contributed by atoms with Gasteiger partial charge in [0, 0.05) is 11.9 Å². The minimum Gasteiger partial charge on any atom is -0.461 e. The number of esters is 1. The summed E-state index contributed by atoms with van der Waals surface area (Å²) in [6.45, 7) is 3.57. The van der Waals surface area contributed by atoms with E-state index in [9.17, 15) is 14.0 Å². The standard InChI is InChI=1S/C16H15FN4O3S/c1-2-7-24-13(22)9-25-16-19-8-12(14(18)21-16)15(23)20-11-5-3-10(17)4-6-11/h2-6,8H,1,7,9H2,(H,20,23)(H2,18,19,21). The average Bonchev–Trinajstić information content (AvgIpc) is 2.60. The molecule has 3 N–H and O–H groups in total. The molecule has 2 rings (SSSR count). The molecule has 1 aromatic carbocycles. The van der Waals surface area contributed by atoms with Crippen LogP contribution in [0.5, 0.6) is 0 Å². The molecule has 0 aliphatic heterocycles. The molecule has 0 spiro atoms. The molecule has 130 valence electrons. The molecule has 0 fully saturated rings. The molecule has 9 heteroatoms. The van der Waals surface area contributed by atoms with E-state index in [2.05, 4.69) is 21.9 Å². The second-order valence-electron chi connectivity index (χ2n) is 4.67. The first-order valence-corrected chi connectivity index (χ1v) is 8.07. The van der Waals surface area contributed by atoms with E-state index in [1.54, 1.807) is 0 Å². The molecule has 0 unspecified atom stereocenters. The summed E-state index contributed by atoms with van der Waals surface area (Å²) in [5.41, 5.74) is 6.26. The highest BCUT2D eigenvalue weighted by molar-refractivity contribution is 7.99. The smallest absolute Gasteiger partial charge is 0.316 e. The number of carbonyl (C=O) groups is 2. The van der Waals surface area contributed by atoms with Crippen molar-refractivity contribution >= 4 is 35.1 Å². The Balaban J connectivity index is 1.98. The summed E-state index contributed by atoms with van der Waals surface area (Å²) in [6, 6.07) is 5.29. The molecule has 0 radical (unpaired) electrons.